The van der Waals surface area contributed by atoms with E-state index in [0.29, 0.717) is 17.8 Å². The van der Waals surface area contributed by atoms with Crippen LogP contribution in [-0.4, -0.2) is 34.3 Å². The van der Waals surface area contributed by atoms with Crippen LogP contribution in [0.2, 0.25) is 0 Å². The molecule has 0 bridgehead atoms. The van der Waals surface area contributed by atoms with Crippen LogP contribution >= 0.6 is 0 Å². The summed E-state index contributed by atoms with van der Waals surface area (Å²) in [6.45, 7) is 2.25. The van der Waals surface area contributed by atoms with Gasteiger partial charge in [0.05, 0.1) is 10.4 Å². The van der Waals surface area contributed by atoms with Gasteiger partial charge in [-0.25, -0.2) is 13.4 Å². The third-order valence-corrected chi connectivity index (χ3v) is 7.63. The van der Waals surface area contributed by atoms with Gasteiger partial charge < -0.3 is 5.32 Å². The first-order valence-corrected chi connectivity index (χ1v) is 11.7. The summed E-state index contributed by atoms with van der Waals surface area (Å²) in [5.41, 5.74) is 1.01. The highest BCUT2D eigenvalue weighted by molar-refractivity contribution is 7.91. The van der Waals surface area contributed by atoms with Gasteiger partial charge in [0.15, 0.2) is 5.65 Å². The molecule has 0 unspecified atom stereocenters. The average Bonchev–Trinajstić information content (AvgIpc) is 3.21. The van der Waals surface area contributed by atoms with Crippen LogP contribution in [0.1, 0.15) is 32.6 Å². The molecule has 0 amide bonds. The molecule has 0 radical (unpaired) electrons. The zero-order valence-corrected chi connectivity index (χ0v) is 17.5. The van der Waals surface area contributed by atoms with Crippen LogP contribution in [-0.2, 0) is 9.84 Å². The van der Waals surface area contributed by atoms with Gasteiger partial charge in [0, 0.05) is 11.4 Å². The van der Waals surface area contributed by atoms with E-state index in [1.165, 1.54) is 23.8 Å². The van der Waals surface area contributed by atoms with Crippen molar-refractivity contribution in [1.29, 1.82) is 0 Å². The first kappa shape index (κ1) is 19.0. The Morgan fingerprint density at radius 3 is 2.53 bits per heavy atom. The van der Waals surface area contributed by atoms with E-state index in [4.69, 9.17) is 4.98 Å². The number of sulfone groups is 1. The van der Waals surface area contributed by atoms with E-state index in [2.05, 4.69) is 22.6 Å². The van der Waals surface area contributed by atoms with Gasteiger partial charge in [-0.2, -0.15) is 4.52 Å². The number of fused-ring (bicyclic) bond motifs is 3. The fourth-order valence-corrected chi connectivity index (χ4v) is 5.50. The first-order chi connectivity index (χ1) is 14.6. The van der Waals surface area contributed by atoms with Gasteiger partial charge in [0.1, 0.15) is 5.82 Å². The number of aromatic nitrogens is 4. The summed E-state index contributed by atoms with van der Waals surface area (Å²) in [5.74, 6) is 1.22. The van der Waals surface area contributed by atoms with Crippen molar-refractivity contribution >= 4 is 32.2 Å². The van der Waals surface area contributed by atoms with Crippen molar-refractivity contribution in [1.82, 2.24) is 19.8 Å². The maximum atomic E-state index is 13.2. The Morgan fingerprint density at radius 1 is 1.00 bits per heavy atom. The molecule has 1 saturated carbocycles. The van der Waals surface area contributed by atoms with E-state index in [0.717, 1.165) is 17.3 Å². The zero-order chi connectivity index (χ0) is 20.7. The molecule has 154 valence electrons. The van der Waals surface area contributed by atoms with Crippen molar-refractivity contribution in [2.45, 2.75) is 48.6 Å². The SMILES string of the molecule is C[C@@H]1CCCC[C@@H]1Nc1nc2c(S(=O)(=O)c3ccccc3)nnn2c2ccccc12. The molecule has 8 heteroatoms. The van der Waals surface area contributed by atoms with Crippen LogP contribution < -0.4 is 5.32 Å². The lowest BCUT2D eigenvalue weighted by Crippen LogP contribution is -2.30. The maximum absolute atomic E-state index is 13.2. The minimum absolute atomic E-state index is 0.126. The number of hydrogen-bond acceptors (Lipinski definition) is 6. The van der Waals surface area contributed by atoms with Gasteiger partial charge in [-0.1, -0.05) is 55.3 Å². The van der Waals surface area contributed by atoms with Crippen LogP contribution in [0.3, 0.4) is 0 Å². The summed E-state index contributed by atoms with van der Waals surface area (Å²) < 4.78 is 28.0. The van der Waals surface area contributed by atoms with Crippen LogP contribution in [0.4, 0.5) is 5.82 Å². The second kappa shape index (κ2) is 7.36. The highest BCUT2D eigenvalue weighted by Gasteiger charge is 2.28. The number of nitrogens with zero attached hydrogens (tertiary/aromatic N) is 4. The van der Waals surface area contributed by atoms with Crippen molar-refractivity contribution in [3.63, 3.8) is 0 Å². The number of rotatable bonds is 4. The third-order valence-electron chi connectivity index (χ3n) is 5.96. The monoisotopic (exact) mass is 421 g/mol. The molecule has 1 fully saturated rings. The van der Waals surface area contributed by atoms with E-state index in [1.807, 2.05) is 24.3 Å². The van der Waals surface area contributed by atoms with Gasteiger partial charge in [-0.15, -0.1) is 5.10 Å². The van der Waals surface area contributed by atoms with E-state index in [1.54, 1.807) is 30.3 Å². The minimum Gasteiger partial charge on any atom is -0.366 e. The van der Waals surface area contributed by atoms with E-state index in [9.17, 15) is 8.42 Å². The summed E-state index contributed by atoms with van der Waals surface area (Å²) in [6.07, 6.45) is 4.69. The zero-order valence-electron chi connectivity index (χ0n) is 16.7. The lowest BCUT2D eigenvalue weighted by molar-refractivity contribution is 0.349. The molecule has 5 rings (SSSR count). The summed E-state index contributed by atoms with van der Waals surface area (Å²) in [6, 6.07) is 16.3. The molecule has 1 aliphatic carbocycles. The Hall–Kier alpha value is -3.00. The minimum atomic E-state index is -3.84. The van der Waals surface area contributed by atoms with Crippen molar-refractivity contribution in [2.24, 2.45) is 5.92 Å². The Balaban J connectivity index is 1.70. The molecule has 0 aliphatic heterocycles. The Labute approximate surface area is 175 Å². The molecule has 0 spiro atoms. The summed E-state index contributed by atoms with van der Waals surface area (Å²) in [7, 11) is -3.84. The van der Waals surface area contributed by atoms with Crippen molar-refractivity contribution in [3.8, 4) is 0 Å². The predicted octanol–water partition coefficient (Wildman–Crippen LogP) is 4.10. The molecule has 2 atom stereocenters. The van der Waals surface area contributed by atoms with Gasteiger partial charge in [-0.3, -0.25) is 0 Å². The molecule has 2 heterocycles. The fraction of sp³-hybridized carbons (Fsp3) is 0.318. The Bertz CT molecular complexity index is 1320. The second-order valence-electron chi connectivity index (χ2n) is 7.94. The largest absolute Gasteiger partial charge is 0.366 e. The lowest BCUT2D eigenvalue weighted by atomic mass is 9.86. The summed E-state index contributed by atoms with van der Waals surface area (Å²) in [4.78, 5) is 4.91. The molecule has 7 nitrogen and oxygen atoms in total. The second-order valence-corrected chi connectivity index (χ2v) is 9.80. The highest BCUT2D eigenvalue weighted by atomic mass is 32.2. The summed E-state index contributed by atoms with van der Waals surface area (Å²) in [5, 5.41) is 12.5. The topological polar surface area (TPSA) is 89.2 Å². The van der Waals surface area contributed by atoms with Crippen LogP contribution in [0.15, 0.2) is 64.5 Å². The fourth-order valence-electron chi connectivity index (χ4n) is 4.25. The van der Waals surface area contributed by atoms with E-state index >= 15 is 0 Å². The summed E-state index contributed by atoms with van der Waals surface area (Å²) >= 11 is 0. The molecule has 2 aromatic carbocycles. The van der Waals surface area contributed by atoms with Crippen molar-refractivity contribution in [2.75, 3.05) is 5.32 Å². The highest BCUT2D eigenvalue weighted by Crippen LogP contribution is 2.31. The van der Waals surface area contributed by atoms with Crippen LogP contribution in [0.5, 0.6) is 0 Å². The van der Waals surface area contributed by atoms with Crippen LogP contribution in [0, 0.1) is 5.92 Å². The molecule has 1 N–H and O–H groups in total. The Kier molecular flexibility index (Phi) is 4.66. The average molecular weight is 422 g/mol. The quantitative estimate of drug-likeness (QED) is 0.534. The van der Waals surface area contributed by atoms with Gasteiger partial charge in [-0.05, 0) is 43.0 Å². The van der Waals surface area contributed by atoms with Gasteiger partial charge >= 0.3 is 0 Å². The smallest absolute Gasteiger partial charge is 0.229 e. The number of anilines is 1. The molecular weight excluding hydrogens is 398 g/mol. The lowest BCUT2D eigenvalue weighted by Gasteiger charge is -2.30. The van der Waals surface area contributed by atoms with Crippen molar-refractivity contribution < 1.29 is 8.42 Å². The van der Waals surface area contributed by atoms with Gasteiger partial charge in [0.25, 0.3) is 0 Å². The van der Waals surface area contributed by atoms with E-state index in [-0.39, 0.29) is 15.6 Å². The normalized spacial score (nSPS) is 19.9. The number of nitrogens with one attached hydrogen (secondary N) is 1. The maximum Gasteiger partial charge on any atom is 0.229 e. The van der Waals surface area contributed by atoms with E-state index < -0.39 is 9.84 Å². The first-order valence-electron chi connectivity index (χ1n) is 10.3. The number of para-hydroxylation sites is 1. The predicted molar refractivity (Wildman–Crippen MR) is 115 cm³/mol. The standard InChI is InChI=1S/C22H23N5O2S/c1-15-9-5-7-13-18(15)23-20-17-12-6-8-14-19(17)27-21(24-20)22(25-26-27)30(28,29)16-10-3-2-4-11-16/h2-4,6,8,10-12,14-15,18H,5,7,9,13H2,1H3,(H,23,24)/t15-,18+/m1/s1. The van der Waals surface area contributed by atoms with Crippen LogP contribution in [0.25, 0.3) is 16.6 Å². The molecule has 0 saturated heterocycles. The van der Waals surface area contributed by atoms with Crippen molar-refractivity contribution in [3.05, 3.63) is 54.6 Å². The van der Waals surface area contributed by atoms with Gasteiger partial charge in [0.2, 0.25) is 14.9 Å². The third kappa shape index (κ3) is 3.11. The number of benzene rings is 2. The molecule has 1 aliphatic rings. The Morgan fingerprint density at radius 2 is 1.73 bits per heavy atom. The molecular formula is C22H23N5O2S. The molecule has 4 aromatic rings. The number of hydrogen-bond donors (Lipinski definition) is 1. The molecule has 30 heavy (non-hydrogen) atoms. The molecule has 2 aromatic heterocycles.